The van der Waals surface area contributed by atoms with E-state index >= 15 is 0 Å². The zero-order valence-electron chi connectivity index (χ0n) is 11.7. The molecule has 2 aliphatic rings. The van der Waals surface area contributed by atoms with Crippen LogP contribution in [0.25, 0.3) is 0 Å². The molecule has 0 bridgehead atoms. The summed E-state index contributed by atoms with van der Waals surface area (Å²) in [7, 11) is 0. The van der Waals surface area contributed by atoms with E-state index in [4.69, 9.17) is 0 Å². The minimum Gasteiger partial charge on any atom is -0.334 e. The van der Waals surface area contributed by atoms with Crippen molar-refractivity contribution in [2.45, 2.75) is 83.3 Å². The monoisotopic (exact) mass is 253 g/mol. The van der Waals surface area contributed by atoms with E-state index in [2.05, 4.69) is 29.6 Å². The molecular formula is C14H27N3O. The number of carbonyl (C=O) groups is 1. The van der Waals surface area contributed by atoms with E-state index in [-0.39, 0.29) is 6.03 Å². The molecule has 0 aromatic carbocycles. The van der Waals surface area contributed by atoms with Crippen molar-refractivity contribution in [3.8, 4) is 0 Å². The summed E-state index contributed by atoms with van der Waals surface area (Å²) in [6.45, 7) is 4.38. The Labute approximate surface area is 110 Å². The minimum atomic E-state index is -0.0116. The first-order valence-electron chi connectivity index (χ1n) is 7.52. The Bertz CT molecular complexity index is 266. The number of piperidine rings is 1. The molecule has 1 saturated carbocycles. The first kappa shape index (κ1) is 13.7. The number of hydrazine groups is 1. The third kappa shape index (κ3) is 3.61. The third-order valence-corrected chi connectivity index (χ3v) is 4.36. The molecule has 2 rings (SSSR count). The number of nitrogens with one attached hydrogen (secondary N) is 2. The van der Waals surface area contributed by atoms with Crippen molar-refractivity contribution in [3.05, 3.63) is 0 Å². The normalized spacial score (nSPS) is 31.0. The SMILES string of the molecule is C[C@H]1CCC[C@H](C)N1NC(=O)NC1CCCCC1. The number of hydrogen-bond donors (Lipinski definition) is 2. The molecule has 1 saturated heterocycles. The van der Waals surface area contributed by atoms with Crippen LogP contribution < -0.4 is 10.7 Å². The second-order valence-corrected chi connectivity index (χ2v) is 5.96. The van der Waals surface area contributed by atoms with Gasteiger partial charge in [-0.05, 0) is 39.5 Å². The zero-order chi connectivity index (χ0) is 13.0. The summed E-state index contributed by atoms with van der Waals surface area (Å²) < 4.78 is 0. The van der Waals surface area contributed by atoms with E-state index in [0.29, 0.717) is 18.1 Å². The minimum absolute atomic E-state index is 0.0116. The van der Waals surface area contributed by atoms with E-state index in [1.54, 1.807) is 0 Å². The molecule has 104 valence electrons. The van der Waals surface area contributed by atoms with Crippen LogP contribution in [-0.2, 0) is 0 Å². The highest BCUT2D eigenvalue weighted by molar-refractivity contribution is 5.73. The Morgan fingerprint density at radius 1 is 0.944 bits per heavy atom. The van der Waals surface area contributed by atoms with Gasteiger partial charge in [0, 0.05) is 18.1 Å². The summed E-state index contributed by atoms with van der Waals surface area (Å²) in [6, 6.07) is 1.27. The van der Waals surface area contributed by atoms with Gasteiger partial charge in [-0.2, -0.15) is 0 Å². The molecule has 1 aliphatic heterocycles. The van der Waals surface area contributed by atoms with E-state index in [0.717, 1.165) is 12.8 Å². The lowest BCUT2D eigenvalue weighted by Gasteiger charge is -2.39. The average Bonchev–Trinajstić information content (AvgIpc) is 2.35. The van der Waals surface area contributed by atoms with E-state index in [1.807, 2.05) is 0 Å². The second-order valence-electron chi connectivity index (χ2n) is 5.96. The van der Waals surface area contributed by atoms with Crippen molar-refractivity contribution < 1.29 is 4.79 Å². The van der Waals surface area contributed by atoms with Crippen LogP contribution in [0.3, 0.4) is 0 Å². The number of carbonyl (C=O) groups excluding carboxylic acids is 1. The van der Waals surface area contributed by atoms with Crippen molar-refractivity contribution in [1.82, 2.24) is 15.8 Å². The van der Waals surface area contributed by atoms with Crippen LogP contribution in [0.15, 0.2) is 0 Å². The van der Waals surface area contributed by atoms with Crippen molar-refractivity contribution in [2.75, 3.05) is 0 Å². The Morgan fingerprint density at radius 2 is 1.56 bits per heavy atom. The summed E-state index contributed by atoms with van der Waals surface area (Å²) in [6.07, 6.45) is 9.72. The predicted octanol–water partition coefficient (Wildman–Crippen LogP) is 2.80. The molecule has 2 fully saturated rings. The van der Waals surface area contributed by atoms with Crippen LogP contribution in [0.5, 0.6) is 0 Å². The molecule has 0 spiro atoms. The number of nitrogens with zero attached hydrogens (tertiary/aromatic N) is 1. The first-order valence-corrected chi connectivity index (χ1v) is 7.52. The van der Waals surface area contributed by atoms with Crippen molar-refractivity contribution >= 4 is 6.03 Å². The molecule has 18 heavy (non-hydrogen) atoms. The number of hydrogen-bond acceptors (Lipinski definition) is 2. The van der Waals surface area contributed by atoms with Gasteiger partial charge in [-0.3, -0.25) is 5.43 Å². The maximum atomic E-state index is 12.0. The molecule has 1 aliphatic carbocycles. The molecule has 4 heteroatoms. The summed E-state index contributed by atoms with van der Waals surface area (Å²) in [5.41, 5.74) is 3.05. The van der Waals surface area contributed by atoms with Gasteiger partial charge in [0.2, 0.25) is 0 Å². The largest absolute Gasteiger partial charge is 0.334 e. The van der Waals surface area contributed by atoms with Gasteiger partial charge in [0.25, 0.3) is 0 Å². The van der Waals surface area contributed by atoms with Crippen LogP contribution in [-0.4, -0.2) is 29.2 Å². The maximum Gasteiger partial charge on any atom is 0.329 e. The molecule has 2 N–H and O–H groups in total. The number of rotatable bonds is 2. The van der Waals surface area contributed by atoms with E-state index in [1.165, 1.54) is 38.5 Å². The van der Waals surface area contributed by atoms with Gasteiger partial charge in [-0.1, -0.05) is 25.7 Å². The number of amides is 2. The van der Waals surface area contributed by atoms with Gasteiger partial charge in [0.1, 0.15) is 0 Å². The van der Waals surface area contributed by atoms with Crippen molar-refractivity contribution in [2.24, 2.45) is 0 Å². The van der Waals surface area contributed by atoms with Crippen molar-refractivity contribution in [1.29, 1.82) is 0 Å². The summed E-state index contributed by atoms with van der Waals surface area (Å²) in [5.74, 6) is 0. The molecule has 0 unspecified atom stereocenters. The highest BCUT2D eigenvalue weighted by Crippen LogP contribution is 2.20. The maximum absolute atomic E-state index is 12.0. The molecule has 2 amide bonds. The average molecular weight is 253 g/mol. The van der Waals surface area contributed by atoms with Crippen LogP contribution in [0.1, 0.15) is 65.2 Å². The summed E-state index contributed by atoms with van der Waals surface area (Å²) in [5, 5.41) is 5.24. The van der Waals surface area contributed by atoms with E-state index in [9.17, 15) is 4.79 Å². The molecule has 4 nitrogen and oxygen atoms in total. The molecule has 0 aromatic rings. The molecule has 2 atom stereocenters. The van der Waals surface area contributed by atoms with Gasteiger partial charge in [-0.15, -0.1) is 0 Å². The van der Waals surface area contributed by atoms with Gasteiger partial charge in [0.15, 0.2) is 0 Å². The van der Waals surface area contributed by atoms with Crippen LogP contribution >= 0.6 is 0 Å². The fourth-order valence-electron chi connectivity index (χ4n) is 3.22. The van der Waals surface area contributed by atoms with E-state index < -0.39 is 0 Å². The predicted molar refractivity (Wildman–Crippen MR) is 73.2 cm³/mol. The fourth-order valence-corrected chi connectivity index (χ4v) is 3.22. The lowest BCUT2D eigenvalue weighted by molar-refractivity contribution is 0.0585. The van der Waals surface area contributed by atoms with Crippen LogP contribution in [0.4, 0.5) is 4.79 Å². The third-order valence-electron chi connectivity index (χ3n) is 4.36. The second kappa shape index (κ2) is 6.41. The first-order chi connectivity index (χ1) is 8.66. The molecule has 1 heterocycles. The highest BCUT2D eigenvalue weighted by atomic mass is 16.2. The Kier molecular flexibility index (Phi) is 4.87. The Balaban J connectivity index is 1.78. The lowest BCUT2D eigenvalue weighted by atomic mass is 9.96. The molecule has 0 radical (unpaired) electrons. The van der Waals surface area contributed by atoms with Gasteiger partial charge >= 0.3 is 6.03 Å². The summed E-state index contributed by atoms with van der Waals surface area (Å²) in [4.78, 5) is 12.0. The summed E-state index contributed by atoms with van der Waals surface area (Å²) >= 11 is 0. The van der Waals surface area contributed by atoms with Gasteiger partial charge in [0.05, 0.1) is 0 Å². The highest BCUT2D eigenvalue weighted by Gasteiger charge is 2.26. The molecular weight excluding hydrogens is 226 g/mol. The topological polar surface area (TPSA) is 44.4 Å². The zero-order valence-corrected chi connectivity index (χ0v) is 11.7. The molecule has 0 aromatic heterocycles. The smallest absolute Gasteiger partial charge is 0.329 e. The van der Waals surface area contributed by atoms with Crippen LogP contribution in [0.2, 0.25) is 0 Å². The van der Waals surface area contributed by atoms with Gasteiger partial charge < -0.3 is 5.32 Å². The lowest BCUT2D eigenvalue weighted by Crippen LogP contribution is -2.57. The standard InChI is InChI=1S/C14H27N3O/c1-11-7-6-8-12(2)17(11)16-14(18)15-13-9-4-3-5-10-13/h11-13H,3-10H2,1-2H3,(H2,15,16,18)/t11-,12-/m0/s1. The quantitative estimate of drug-likeness (QED) is 0.795. The van der Waals surface area contributed by atoms with Crippen LogP contribution in [0, 0.1) is 0 Å². The Hall–Kier alpha value is -0.770. The van der Waals surface area contributed by atoms with Gasteiger partial charge in [-0.25, -0.2) is 9.80 Å². The fraction of sp³-hybridized carbons (Fsp3) is 0.929. The Morgan fingerprint density at radius 3 is 2.17 bits per heavy atom. The number of urea groups is 1. The van der Waals surface area contributed by atoms with Crippen molar-refractivity contribution in [3.63, 3.8) is 0 Å².